The van der Waals surface area contributed by atoms with Gasteiger partial charge >= 0.3 is 6.18 Å². The normalized spacial score (nSPS) is 35.9. The second-order valence-corrected chi connectivity index (χ2v) is 10.00. The van der Waals surface area contributed by atoms with E-state index in [0.717, 1.165) is 36.4 Å². The Labute approximate surface area is 169 Å². The maximum absolute atomic E-state index is 12.8. The Morgan fingerprint density at radius 2 is 1.79 bits per heavy atom. The SMILES string of the molecule is O=C(CC12CC3CC(CC(C3)C1)C2)NC1CCN(c2ccc(C(F)(F)F)cn2)C1. The van der Waals surface area contributed by atoms with Crippen LogP contribution < -0.4 is 10.2 Å². The number of aromatic nitrogens is 1. The summed E-state index contributed by atoms with van der Waals surface area (Å²) in [4.78, 5) is 18.7. The Morgan fingerprint density at radius 1 is 1.14 bits per heavy atom. The molecule has 5 aliphatic rings. The third kappa shape index (κ3) is 3.84. The van der Waals surface area contributed by atoms with E-state index in [1.54, 1.807) is 0 Å². The van der Waals surface area contributed by atoms with E-state index in [1.807, 2.05) is 4.90 Å². The van der Waals surface area contributed by atoms with E-state index >= 15 is 0 Å². The van der Waals surface area contributed by atoms with Gasteiger partial charge in [0.2, 0.25) is 5.91 Å². The molecule has 1 unspecified atom stereocenters. The molecule has 4 nitrogen and oxygen atoms in total. The molecule has 0 radical (unpaired) electrons. The van der Waals surface area contributed by atoms with Crippen molar-refractivity contribution in [3.63, 3.8) is 0 Å². The maximum atomic E-state index is 12.8. The van der Waals surface area contributed by atoms with Crippen molar-refractivity contribution in [2.24, 2.45) is 23.2 Å². The van der Waals surface area contributed by atoms with Gasteiger partial charge in [0.05, 0.1) is 5.56 Å². The molecule has 1 saturated heterocycles. The number of alkyl halides is 3. The molecule has 1 amide bonds. The van der Waals surface area contributed by atoms with E-state index in [1.165, 1.54) is 44.6 Å². The van der Waals surface area contributed by atoms with Crippen LogP contribution in [0, 0.1) is 23.2 Å². The molecule has 158 valence electrons. The monoisotopic (exact) mass is 407 g/mol. The zero-order chi connectivity index (χ0) is 20.2. The summed E-state index contributed by atoms with van der Waals surface area (Å²) in [6, 6.07) is 2.53. The number of hydrogen-bond acceptors (Lipinski definition) is 3. The van der Waals surface area contributed by atoms with Crippen molar-refractivity contribution in [3.8, 4) is 0 Å². The quantitative estimate of drug-likeness (QED) is 0.805. The van der Waals surface area contributed by atoms with E-state index < -0.39 is 11.7 Å². The zero-order valence-electron chi connectivity index (χ0n) is 16.5. The van der Waals surface area contributed by atoms with E-state index in [0.29, 0.717) is 25.3 Å². The first-order valence-electron chi connectivity index (χ1n) is 10.9. The van der Waals surface area contributed by atoms with Crippen LogP contribution in [0.1, 0.15) is 56.9 Å². The van der Waals surface area contributed by atoms with E-state index in [2.05, 4.69) is 10.3 Å². The highest BCUT2D eigenvalue weighted by atomic mass is 19.4. The Hall–Kier alpha value is -1.79. The average molecular weight is 407 g/mol. The van der Waals surface area contributed by atoms with Gasteiger partial charge in [-0.3, -0.25) is 4.79 Å². The minimum Gasteiger partial charge on any atom is -0.354 e. The first-order chi connectivity index (χ1) is 13.8. The fourth-order valence-electron chi connectivity index (χ4n) is 6.95. The molecule has 2 heterocycles. The van der Waals surface area contributed by atoms with Crippen molar-refractivity contribution in [2.75, 3.05) is 18.0 Å². The van der Waals surface area contributed by atoms with Crippen LogP contribution in [0.5, 0.6) is 0 Å². The average Bonchev–Trinajstić information content (AvgIpc) is 3.07. The van der Waals surface area contributed by atoms with E-state index in [9.17, 15) is 18.0 Å². The second-order valence-electron chi connectivity index (χ2n) is 10.00. The van der Waals surface area contributed by atoms with Crippen molar-refractivity contribution >= 4 is 11.7 Å². The smallest absolute Gasteiger partial charge is 0.354 e. The number of anilines is 1. The Bertz CT molecular complexity index is 741. The predicted octanol–water partition coefficient (Wildman–Crippen LogP) is 4.40. The lowest BCUT2D eigenvalue weighted by molar-refractivity contribution is -0.137. The van der Waals surface area contributed by atoms with Gasteiger partial charge in [0.15, 0.2) is 0 Å². The fraction of sp³-hybridized carbons (Fsp3) is 0.727. The fourth-order valence-corrected chi connectivity index (χ4v) is 6.95. The summed E-state index contributed by atoms with van der Waals surface area (Å²) < 4.78 is 38.1. The van der Waals surface area contributed by atoms with Crippen molar-refractivity contribution < 1.29 is 18.0 Å². The Morgan fingerprint density at radius 3 is 2.34 bits per heavy atom. The van der Waals surface area contributed by atoms with Crippen molar-refractivity contribution in [1.29, 1.82) is 0 Å². The minimum atomic E-state index is -4.37. The van der Waals surface area contributed by atoms with Crippen LogP contribution in [0.3, 0.4) is 0 Å². The van der Waals surface area contributed by atoms with Gasteiger partial charge < -0.3 is 10.2 Å². The van der Waals surface area contributed by atoms with Crippen LogP contribution in [0.2, 0.25) is 0 Å². The molecule has 7 heteroatoms. The van der Waals surface area contributed by atoms with Gasteiger partial charge in [-0.25, -0.2) is 4.98 Å². The van der Waals surface area contributed by atoms with Gasteiger partial charge in [-0.2, -0.15) is 13.2 Å². The van der Waals surface area contributed by atoms with Gasteiger partial charge in [-0.1, -0.05) is 0 Å². The van der Waals surface area contributed by atoms with Crippen molar-refractivity contribution in [2.45, 2.75) is 63.6 Å². The van der Waals surface area contributed by atoms with Crippen LogP contribution in [-0.4, -0.2) is 30.0 Å². The number of halogens is 3. The molecule has 1 N–H and O–H groups in total. The lowest BCUT2D eigenvalue weighted by atomic mass is 9.49. The highest BCUT2D eigenvalue weighted by molar-refractivity contribution is 5.77. The number of amides is 1. The molecule has 4 saturated carbocycles. The van der Waals surface area contributed by atoms with Crippen LogP contribution >= 0.6 is 0 Å². The van der Waals surface area contributed by atoms with Crippen molar-refractivity contribution in [1.82, 2.24) is 10.3 Å². The van der Waals surface area contributed by atoms with Gasteiger partial charge in [0.25, 0.3) is 0 Å². The summed E-state index contributed by atoms with van der Waals surface area (Å²) in [5.74, 6) is 3.19. The summed E-state index contributed by atoms with van der Waals surface area (Å²) in [5, 5.41) is 3.20. The molecule has 1 aromatic heterocycles. The Kier molecular flexibility index (Phi) is 4.55. The molecule has 0 aromatic carbocycles. The third-order valence-electron chi connectivity index (χ3n) is 7.65. The van der Waals surface area contributed by atoms with Gasteiger partial charge in [-0.15, -0.1) is 0 Å². The topological polar surface area (TPSA) is 45.2 Å². The van der Waals surface area contributed by atoms with Gasteiger partial charge in [-0.05, 0) is 80.2 Å². The second kappa shape index (κ2) is 6.88. The highest BCUT2D eigenvalue weighted by Crippen LogP contribution is 2.61. The predicted molar refractivity (Wildman–Crippen MR) is 103 cm³/mol. The molecular weight excluding hydrogens is 379 g/mol. The first-order valence-corrected chi connectivity index (χ1v) is 10.9. The van der Waals surface area contributed by atoms with Gasteiger partial charge in [0.1, 0.15) is 5.82 Å². The number of carbonyl (C=O) groups excluding carboxylic acids is 1. The number of pyridine rings is 1. The zero-order valence-corrected chi connectivity index (χ0v) is 16.5. The summed E-state index contributed by atoms with van der Waals surface area (Å²) in [5.41, 5.74) is -0.507. The van der Waals surface area contributed by atoms with E-state index in [-0.39, 0.29) is 17.4 Å². The standard InChI is InChI=1S/C22H28F3N3O/c23-22(24,25)17-1-2-19(26-12-17)28-4-3-18(13-28)27-20(29)11-21-8-14-5-15(9-21)7-16(6-14)10-21/h1-2,12,14-16,18H,3-11,13H2,(H,27,29). The molecule has 29 heavy (non-hydrogen) atoms. The molecular formula is C22H28F3N3O. The molecule has 1 aliphatic heterocycles. The highest BCUT2D eigenvalue weighted by Gasteiger charge is 2.51. The van der Waals surface area contributed by atoms with Crippen LogP contribution in [-0.2, 0) is 11.0 Å². The Balaban J connectivity index is 1.16. The summed E-state index contributed by atoms with van der Waals surface area (Å²) in [7, 11) is 0. The molecule has 5 fully saturated rings. The molecule has 1 aromatic rings. The number of hydrogen-bond donors (Lipinski definition) is 1. The van der Waals surface area contributed by atoms with Crippen LogP contribution in [0.4, 0.5) is 19.0 Å². The number of nitrogens with one attached hydrogen (secondary N) is 1. The van der Waals surface area contributed by atoms with Crippen LogP contribution in [0.15, 0.2) is 18.3 Å². The summed E-state index contributed by atoms with van der Waals surface area (Å²) in [6.07, 6.45) is 5.74. The number of carbonyl (C=O) groups is 1. The van der Waals surface area contributed by atoms with Crippen molar-refractivity contribution in [3.05, 3.63) is 23.9 Å². The lowest BCUT2D eigenvalue weighted by Gasteiger charge is -2.56. The molecule has 4 bridgehead atoms. The largest absolute Gasteiger partial charge is 0.417 e. The lowest BCUT2D eigenvalue weighted by Crippen LogP contribution is -2.49. The van der Waals surface area contributed by atoms with Gasteiger partial charge in [0, 0.05) is 31.7 Å². The number of rotatable bonds is 4. The number of nitrogens with zero attached hydrogens (tertiary/aromatic N) is 2. The maximum Gasteiger partial charge on any atom is 0.417 e. The summed E-state index contributed by atoms with van der Waals surface area (Å²) in [6.45, 7) is 1.30. The first kappa shape index (κ1) is 19.2. The van der Waals surface area contributed by atoms with Crippen LogP contribution in [0.25, 0.3) is 0 Å². The third-order valence-corrected chi connectivity index (χ3v) is 7.65. The van der Waals surface area contributed by atoms with E-state index in [4.69, 9.17) is 0 Å². The molecule has 4 aliphatic carbocycles. The molecule has 1 atom stereocenters. The minimum absolute atomic E-state index is 0.0421. The molecule has 0 spiro atoms. The summed E-state index contributed by atoms with van der Waals surface area (Å²) >= 11 is 0. The molecule has 6 rings (SSSR count).